The number of carboxylic acids is 1. The molecule has 0 aliphatic carbocycles. The zero-order valence-electron chi connectivity index (χ0n) is 12.5. The van der Waals surface area contributed by atoms with Crippen LogP contribution < -0.4 is 0 Å². The minimum Gasteiger partial charge on any atom is -0.478 e. The van der Waals surface area contributed by atoms with E-state index in [1.165, 1.54) is 13.0 Å². The normalized spacial score (nSPS) is 12.3. The quantitative estimate of drug-likeness (QED) is 0.360. The lowest BCUT2D eigenvalue weighted by atomic mass is 10.4. The Labute approximate surface area is 116 Å². The molecule has 0 saturated carbocycles. The molecule has 0 heterocycles. The Bertz CT molecular complexity index is 248. The second-order valence-electron chi connectivity index (χ2n) is 5.66. The van der Waals surface area contributed by atoms with Crippen molar-refractivity contribution in [2.45, 2.75) is 45.1 Å². The number of hydrogen-bond acceptors (Lipinski definition) is 4. The molecule has 0 aromatic rings. The summed E-state index contributed by atoms with van der Waals surface area (Å²) in [7, 11) is -0.935. The molecular weight excluding hydrogens is 264 g/mol. The van der Waals surface area contributed by atoms with Gasteiger partial charge in [-0.25, -0.2) is 4.79 Å². The van der Waals surface area contributed by atoms with Crippen molar-refractivity contribution in [1.82, 2.24) is 0 Å². The van der Waals surface area contributed by atoms with Crippen molar-refractivity contribution >= 4 is 14.0 Å². The van der Waals surface area contributed by atoms with E-state index >= 15 is 0 Å². The molecule has 5 nitrogen and oxygen atoms in total. The molecule has 19 heavy (non-hydrogen) atoms. The molecule has 1 atom stereocenters. The smallest absolute Gasteiger partial charge is 0.330 e. The summed E-state index contributed by atoms with van der Waals surface area (Å²) in [6.07, 6.45) is 0.348. The van der Waals surface area contributed by atoms with Gasteiger partial charge in [-0.3, -0.25) is 0 Å². The monoisotopic (exact) mass is 292 g/mol. The third-order valence-corrected chi connectivity index (χ3v) is 3.96. The molecule has 0 spiro atoms. The Morgan fingerprint density at radius 3 is 2.16 bits per heavy atom. The summed E-state index contributed by atoms with van der Waals surface area (Å²) in [5, 5.41) is 25.3. The van der Waals surface area contributed by atoms with Gasteiger partial charge >= 0.3 is 5.97 Å². The first-order chi connectivity index (χ1) is 8.60. The van der Waals surface area contributed by atoms with Crippen LogP contribution in [0.15, 0.2) is 12.2 Å². The standard InChI is InChI=1S/C9H22O3Si.C4H6O2/c1-13(2,3)6-4-5-12-8-9(11)7-10;1-3(2)4(5)6/h9-11H,4-8H2,1-3H3;1H2,2H3,(H,5,6). The highest BCUT2D eigenvalue weighted by molar-refractivity contribution is 6.76. The highest BCUT2D eigenvalue weighted by Gasteiger charge is 2.11. The predicted octanol–water partition coefficient (Wildman–Crippen LogP) is 1.73. The molecule has 114 valence electrons. The van der Waals surface area contributed by atoms with Gasteiger partial charge in [0.25, 0.3) is 0 Å². The van der Waals surface area contributed by atoms with Gasteiger partial charge in [0.15, 0.2) is 0 Å². The fourth-order valence-corrected chi connectivity index (χ4v) is 2.18. The van der Waals surface area contributed by atoms with E-state index in [-0.39, 0.29) is 18.8 Å². The van der Waals surface area contributed by atoms with Crippen molar-refractivity contribution in [2.75, 3.05) is 19.8 Å². The van der Waals surface area contributed by atoms with Crippen LogP contribution in [0.5, 0.6) is 0 Å². The maximum Gasteiger partial charge on any atom is 0.330 e. The average molecular weight is 292 g/mol. The van der Waals surface area contributed by atoms with Crippen LogP contribution in [0.3, 0.4) is 0 Å². The van der Waals surface area contributed by atoms with Crippen molar-refractivity contribution in [1.29, 1.82) is 0 Å². The van der Waals surface area contributed by atoms with Crippen LogP contribution in [0.25, 0.3) is 0 Å². The van der Waals surface area contributed by atoms with Crippen molar-refractivity contribution in [3.63, 3.8) is 0 Å². The van der Waals surface area contributed by atoms with Crippen LogP contribution in [0, 0.1) is 0 Å². The SMILES string of the molecule is C=C(C)C(=O)O.C[Si](C)(C)CCCOCC(O)CO. The van der Waals surface area contributed by atoms with Gasteiger partial charge in [0.1, 0.15) is 6.10 Å². The van der Waals surface area contributed by atoms with E-state index in [1.807, 2.05) is 0 Å². The number of aliphatic carboxylic acids is 1. The van der Waals surface area contributed by atoms with Crippen LogP contribution in [0.2, 0.25) is 25.7 Å². The van der Waals surface area contributed by atoms with E-state index in [1.54, 1.807) is 0 Å². The topological polar surface area (TPSA) is 87.0 Å². The second-order valence-corrected chi connectivity index (χ2v) is 11.3. The van der Waals surface area contributed by atoms with Gasteiger partial charge in [-0.2, -0.15) is 0 Å². The van der Waals surface area contributed by atoms with E-state index in [9.17, 15) is 4.79 Å². The number of carboxylic acid groups (broad SMARTS) is 1. The summed E-state index contributed by atoms with van der Waals surface area (Å²) in [5.74, 6) is -0.935. The molecule has 0 aliphatic heterocycles. The van der Waals surface area contributed by atoms with Crippen molar-refractivity contribution < 1.29 is 24.9 Å². The van der Waals surface area contributed by atoms with Crippen LogP contribution in [-0.4, -0.2) is 55.3 Å². The van der Waals surface area contributed by atoms with Gasteiger partial charge in [-0.15, -0.1) is 0 Å². The third-order valence-electron chi connectivity index (χ3n) is 2.10. The van der Waals surface area contributed by atoms with Crippen LogP contribution in [0.1, 0.15) is 13.3 Å². The summed E-state index contributed by atoms with van der Waals surface area (Å²) < 4.78 is 5.19. The lowest BCUT2D eigenvalue weighted by Gasteiger charge is -2.15. The van der Waals surface area contributed by atoms with Crippen molar-refractivity contribution in [2.24, 2.45) is 0 Å². The lowest BCUT2D eigenvalue weighted by molar-refractivity contribution is -0.132. The fraction of sp³-hybridized carbons (Fsp3) is 0.769. The molecule has 0 amide bonds. The van der Waals surface area contributed by atoms with Crippen LogP contribution >= 0.6 is 0 Å². The van der Waals surface area contributed by atoms with E-state index in [4.69, 9.17) is 20.1 Å². The van der Waals surface area contributed by atoms with Gasteiger partial charge in [0.05, 0.1) is 13.2 Å². The van der Waals surface area contributed by atoms with Gasteiger partial charge in [-0.1, -0.05) is 32.3 Å². The highest BCUT2D eigenvalue weighted by Crippen LogP contribution is 2.10. The number of aliphatic hydroxyl groups is 2. The molecule has 0 aromatic carbocycles. The Morgan fingerprint density at radius 2 is 1.84 bits per heavy atom. The molecule has 0 bridgehead atoms. The Morgan fingerprint density at radius 1 is 1.37 bits per heavy atom. The molecule has 0 aromatic heterocycles. The minimum absolute atomic E-state index is 0.176. The molecule has 0 radical (unpaired) electrons. The second kappa shape index (κ2) is 11.2. The first-order valence-corrected chi connectivity index (χ1v) is 10.1. The summed E-state index contributed by atoms with van der Waals surface area (Å²) in [5.41, 5.74) is 0.176. The Kier molecular flexibility index (Phi) is 12.1. The molecule has 0 aliphatic rings. The largest absolute Gasteiger partial charge is 0.478 e. The Balaban J connectivity index is 0. The summed E-state index contributed by atoms with van der Waals surface area (Å²) >= 11 is 0. The minimum atomic E-state index is -0.935. The van der Waals surface area contributed by atoms with Crippen molar-refractivity contribution in [3.8, 4) is 0 Å². The number of hydrogen-bond donors (Lipinski definition) is 3. The van der Waals surface area contributed by atoms with E-state index in [2.05, 4.69) is 26.2 Å². The highest BCUT2D eigenvalue weighted by atomic mass is 28.3. The number of ether oxygens (including phenoxy) is 1. The van der Waals surface area contributed by atoms with Gasteiger partial charge < -0.3 is 20.1 Å². The summed E-state index contributed by atoms with van der Waals surface area (Å²) in [6.45, 7) is 12.3. The maximum atomic E-state index is 9.60. The van der Waals surface area contributed by atoms with E-state index in [0.29, 0.717) is 6.61 Å². The average Bonchev–Trinajstić information content (AvgIpc) is 2.27. The third kappa shape index (κ3) is 19.8. The summed E-state index contributed by atoms with van der Waals surface area (Å²) in [6, 6.07) is 1.25. The molecular formula is C13H28O5Si. The van der Waals surface area contributed by atoms with Gasteiger partial charge in [-0.05, 0) is 13.3 Å². The van der Waals surface area contributed by atoms with E-state index < -0.39 is 20.1 Å². The zero-order valence-corrected chi connectivity index (χ0v) is 13.5. The molecule has 0 saturated heterocycles. The molecule has 6 heteroatoms. The van der Waals surface area contributed by atoms with Crippen LogP contribution in [0.4, 0.5) is 0 Å². The number of rotatable bonds is 8. The lowest BCUT2D eigenvalue weighted by Crippen LogP contribution is -2.22. The fourth-order valence-electron chi connectivity index (χ4n) is 0.977. The number of carbonyl (C=O) groups is 1. The first kappa shape index (κ1) is 20.6. The predicted molar refractivity (Wildman–Crippen MR) is 79.1 cm³/mol. The zero-order chi connectivity index (χ0) is 15.5. The van der Waals surface area contributed by atoms with Gasteiger partial charge in [0, 0.05) is 20.3 Å². The maximum absolute atomic E-state index is 9.60. The molecule has 3 N–H and O–H groups in total. The van der Waals surface area contributed by atoms with Crippen LogP contribution in [-0.2, 0) is 9.53 Å². The number of aliphatic hydroxyl groups excluding tert-OH is 2. The first-order valence-electron chi connectivity index (χ1n) is 6.35. The van der Waals surface area contributed by atoms with Crippen molar-refractivity contribution in [3.05, 3.63) is 12.2 Å². The van der Waals surface area contributed by atoms with E-state index in [0.717, 1.165) is 6.42 Å². The Hall–Kier alpha value is -0.693. The summed E-state index contributed by atoms with van der Waals surface area (Å²) in [4.78, 5) is 9.60. The molecule has 0 rings (SSSR count). The molecule has 0 fully saturated rings. The van der Waals surface area contributed by atoms with Gasteiger partial charge in [0.2, 0.25) is 0 Å². The molecule has 1 unspecified atom stereocenters.